The molecule has 6 heteroatoms. The summed E-state index contributed by atoms with van der Waals surface area (Å²) < 4.78 is 0. The number of phenols is 1. The Morgan fingerprint density at radius 3 is 2.77 bits per heavy atom. The number of anilines is 1. The molecular weight excluding hydrogens is 172 g/mol. The molecule has 0 aliphatic carbocycles. The zero-order valence-corrected chi connectivity index (χ0v) is 6.82. The molecule has 1 aromatic carbocycles. The predicted octanol–water partition coefficient (Wildman–Crippen LogP) is -1.13. The Hall–Kier alpha value is -1.79. The van der Waals surface area contributed by atoms with Gasteiger partial charge in [0.2, 0.25) is 0 Å². The monoisotopic (exact) mass is 183 g/mol. The molecule has 0 heterocycles. The highest BCUT2D eigenvalue weighted by Gasteiger charge is 2.04. The minimum atomic E-state index is -0.496. The number of carbonyl (C=O) groups is 1. The average molecular weight is 183 g/mol. The van der Waals surface area contributed by atoms with E-state index in [9.17, 15) is 9.90 Å². The van der Waals surface area contributed by atoms with E-state index in [2.05, 4.69) is 10.7 Å². The van der Waals surface area contributed by atoms with Crippen LogP contribution in [0.5, 0.6) is 5.75 Å². The van der Waals surface area contributed by atoms with E-state index in [-0.39, 0.29) is 5.75 Å². The number of phenolic OH excluding ortho intramolecular Hbond substituents is 1. The summed E-state index contributed by atoms with van der Waals surface area (Å²) in [5.41, 5.74) is 3.56. The zero-order valence-electron chi connectivity index (χ0n) is 6.82. The standard InChI is InChI=1S/C7H10N4O2/c8-11-10-7(13)9-5-3-1-2-4-6(5)12/h1-4,11-12H,8H2,(H2,9,10,13)/p+1. The summed E-state index contributed by atoms with van der Waals surface area (Å²) in [4.78, 5) is 10.9. The molecular formula is C7H11N4O2+. The number of quaternary nitrogens is 1. The Balaban J connectivity index is 2.63. The average Bonchev–Trinajstić information content (AvgIpc) is 2.09. The first-order valence-corrected chi connectivity index (χ1v) is 3.63. The van der Waals surface area contributed by atoms with Crippen molar-refractivity contribution in [1.82, 2.24) is 5.43 Å². The molecule has 13 heavy (non-hydrogen) atoms. The molecule has 0 unspecified atom stereocenters. The summed E-state index contributed by atoms with van der Waals surface area (Å²) in [7, 11) is 0. The molecule has 0 spiro atoms. The number of nitrogens with two attached hydrogens (primary N) is 2. The lowest BCUT2D eigenvalue weighted by Gasteiger charge is -2.05. The second kappa shape index (κ2) is 4.29. The van der Waals surface area contributed by atoms with Crippen molar-refractivity contribution in [3.63, 3.8) is 0 Å². The minimum absolute atomic E-state index is 0.00896. The molecule has 0 aromatic heterocycles. The number of carbonyl (C=O) groups excluding carboxylic acids is 1. The van der Waals surface area contributed by atoms with Gasteiger partial charge in [0.25, 0.3) is 0 Å². The maximum Gasteiger partial charge on any atom is 0.365 e. The molecule has 0 fully saturated rings. The molecule has 70 valence electrons. The Morgan fingerprint density at radius 2 is 2.15 bits per heavy atom. The highest BCUT2D eigenvalue weighted by molar-refractivity contribution is 5.89. The molecule has 6 nitrogen and oxygen atoms in total. The highest BCUT2D eigenvalue weighted by atomic mass is 16.3. The van der Waals surface area contributed by atoms with Crippen molar-refractivity contribution in [2.75, 3.05) is 5.32 Å². The van der Waals surface area contributed by atoms with Gasteiger partial charge in [0, 0.05) is 0 Å². The first-order chi connectivity index (χ1) is 6.24. The molecule has 0 radical (unpaired) electrons. The molecule has 0 bridgehead atoms. The Kier molecular flexibility index (Phi) is 3.07. The molecule has 0 saturated carbocycles. The van der Waals surface area contributed by atoms with Gasteiger partial charge in [-0.1, -0.05) is 12.1 Å². The molecule has 0 atom stereocenters. The topological polar surface area (TPSA) is 104 Å². The van der Waals surface area contributed by atoms with Gasteiger partial charge in [0.1, 0.15) is 5.75 Å². The van der Waals surface area contributed by atoms with Gasteiger partial charge in [-0.25, -0.2) is 4.79 Å². The van der Waals surface area contributed by atoms with E-state index in [1.807, 2.05) is 0 Å². The summed E-state index contributed by atoms with van der Waals surface area (Å²) in [6, 6.07) is 5.91. The van der Waals surface area contributed by atoms with Gasteiger partial charge in [-0.2, -0.15) is 16.8 Å². The van der Waals surface area contributed by atoms with Crippen molar-refractivity contribution in [1.29, 1.82) is 0 Å². The van der Waals surface area contributed by atoms with E-state index in [4.69, 9.17) is 5.84 Å². The molecule has 2 amide bonds. The Morgan fingerprint density at radius 1 is 1.46 bits per heavy atom. The lowest BCUT2D eigenvalue weighted by Crippen LogP contribution is -3.00. The van der Waals surface area contributed by atoms with Crippen molar-refractivity contribution in [3.8, 4) is 5.75 Å². The van der Waals surface area contributed by atoms with Crippen molar-refractivity contribution < 1.29 is 15.4 Å². The Labute approximate surface area is 74.7 Å². The van der Waals surface area contributed by atoms with E-state index in [1.54, 1.807) is 18.2 Å². The SMILES string of the molecule is N[NH2+]NC(=O)Nc1ccccc1O. The van der Waals surface area contributed by atoms with Crippen LogP contribution in [0.3, 0.4) is 0 Å². The van der Waals surface area contributed by atoms with Gasteiger partial charge < -0.3 is 10.4 Å². The zero-order chi connectivity index (χ0) is 9.68. The van der Waals surface area contributed by atoms with Crippen LogP contribution < -0.4 is 22.1 Å². The van der Waals surface area contributed by atoms with Crippen LogP contribution in [0.4, 0.5) is 10.5 Å². The lowest BCUT2D eigenvalue weighted by atomic mass is 10.3. The van der Waals surface area contributed by atoms with Crippen molar-refractivity contribution in [2.45, 2.75) is 0 Å². The van der Waals surface area contributed by atoms with E-state index in [1.165, 1.54) is 6.07 Å². The lowest BCUT2D eigenvalue weighted by molar-refractivity contribution is -0.709. The van der Waals surface area contributed by atoms with Crippen LogP contribution in [0.15, 0.2) is 24.3 Å². The highest BCUT2D eigenvalue weighted by Crippen LogP contribution is 2.20. The summed E-state index contributed by atoms with van der Waals surface area (Å²) in [5, 5.41) is 11.6. The van der Waals surface area contributed by atoms with Crippen LogP contribution in [0, 0.1) is 0 Å². The molecule has 0 saturated heterocycles. The van der Waals surface area contributed by atoms with Gasteiger partial charge >= 0.3 is 6.03 Å². The van der Waals surface area contributed by atoms with E-state index >= 15 is 0 Å². The maximum absolute atomic E-state index is 10.9. The number of aromatic hydroxyl groups is 1. The number of rotatable bonds is 2. The summed E-state index contributed by atoms with van der Waals surface area (Å²) in [6.45, 7) is 0. The second-order valence-electron chi connectivity index (χ2n) is 2.28. The van der Waals surface area contributed by atoms with Gasteiger partial charge in [0.15, 0.2) is 0 Å². The van der Waals surface area contributed by atoms with Gasteiger partial charge in [-0.05, 0) is 12.1 Å². The van der Waals surface area contributed by atoms with Crippen LogP contribution in [-0.2, 0) is 0 Å². The summed E-state index contributed by atoms with van der Waals surface area (Å²) >= 11 is 0. The van der Waals surface area contributed by atoms with Crippen LogP contribution in [0.2, 0.25) is 0 Å². The third-order valence-electron chi connectivity index (χ3n) is 1.37. The minimum Gasteiger partial charge on any atom is -0.506 e. The quantitative estimate of drug-likeness (QED) is 0.173. The molecule has 0 aliphatic heterocycles. The normalized spacial score (nSPS) is 9.31. The van der Waals surface area contributed by atoms with Crippen LogP contribution >= 0.6 is 0 Å². The van der Waals surface area contributed by atoms with Gasteiger partial charge in [-0.15, -0.1) is 0 Å². The van der Waals surface area contributed by atoms with Crippen molar-refractivity contribution in [3.05, 3.63) is 24.3 Å². The van der Waals surface area contributed by atoms with E-state index < -0.39 is 6.03 Å². The molecule has 0 aliphatic rings. The summed E-state index contributed by atoms with van der Waals surface area (Å²) in [5.74, 6) is 4.97. The first-order valence-electron chi connectivity index (χ1n) is 3.63. The molecule has 1 rings (SSSR count). The molecule has 1 aromatic rings. The van der Waals surface area contributed by atoms with Gasteiger partial charge in [-0.3, -0.25) is 0 Å². The maximum atomic E-state index is 10.9. The number of amides is 2. The number of hydrogen-bond acceptors (Lipinski definition) is 3. The number of hydrogen-bond donors (Lipinski definition) is 5. The van der Waals surface area contributed by atoms with Crippen LogP contribution in [-0.4, -0.2) is 11.1 Å². The fourth-order valence-electron chi connectivity index (χ4n) is 0.813. The Bertz CT molecular complexity index is 302. The van der Waals surface area contributed by atoms with E-state index in [0.29, 0.717) is 5.69 Å². The summed E-state index contributed by atoms with van der Waals surface area (Å²) in [6.07, 6.45) is 0. The van der Waals surface area contributed by atoms with Crippen molar-refractivity contribution in [2.24, 2.45) is 5.84 Å². The second-order valence-corrected chi connectivity index (χ2v) is 2.28. The third kappa shape index (κ3) is 2.62. The largest absolute Gasteiger partial charge is 0.506 e. The fourth-order valence-corrected chi connectivity index (χ4v) is 0.813. The molecule has 7 N–H and O–H groups in total. The number of nitrogens with one attached hydrogen (secondary N) is 2. The predicted molar refractivity (Wildman–Crippen MR) is 46.4 cm³/mol. The smallest absolute Gasteiger partial charge is 0.365 e. The van der Waals surface area contributed by atoms with E-state index in [0.717, 1.165) is 5.53 Å². The van der Waals surface area contributed by atoms with Crippen molar-refractivity contribution >= 4 is 11.7 Å². The first kappa shape index (κ1) is 9.30. The fraction of sp³-hybridized carbons (Fsp3) is 0. The number of para-hydroxylation sites is 2. The number of benzene rings is 1. The third-order valence-corrected chi connectivity index (χ3v) is 1.37. The number of urea groups is 1. The van der Waals surface area contributed by atoms with Gasteiger partial charge in [0.05, 0.1) is 5.69 Å². The van der Waals surface area contributed by atoms with Crippen LogP contribution in [0.1, 0.15) is 0 Å². The van der Waals surface area contributed by atoms with Crippen LogP contribution in [0.25, 0.3) is 0 Å².